The molecule has 1 aliphatic rings. The van der Waals surface area contributed by atoms with Crippen molar-refractivity contribution < 1.29 is 9.53 Å². The summed E-state index contributed by atoms with van der Waals surface area (Å²) in [6, 6.07) is 0. The molecule has 0 radical (unpaired) electrons. The SMILES string of the molecule is CCOC(=O)C(C)(C)[C@@H]1CCNC1.Cl. The molecular formula is C10H20ClNO2. The molecule has 0 aromatic rings. The Morgan fingerprint density at radius 1 is 1.57 bits per heavy atom. The highest BCUT2D eigenvalue weighted by atomic mass is 35.5. The van der Waals surface area contributed by atoms with E-state index in [2.05, 4.69) is 5.32 Å². The van der Waals surface area contributed by atoms with Crippen LogP contribution in [0.2, 0.25) is 0 Å². The predicted octanol–water partition coefficient (Wildman–Crippen LogP) is 1.61. The molecule has 1 atom stereocenters. The van der Waals surface area contributed by atoms with Crippen LogP contribution in [0.25, 0.3) is 0 Å². The van der Waals surface area contributed by atoms with Crippen LogP contribution in [0.15, 0.2) is 0 Å². The zero-order valence-corrected chi connectivity index (χ0v) is 9.95. The number of nitrogens with one attached hydrogen (secondary N) is 1. The number of hydrogen-bond donors (Lipinski definition) is 1. The van der Waals surface area contributed by atoms with Crippen molar-refractivity contribution >= 4 is 18.4 Å². The van der Waals surface area contributed by atoms with E-state index in [0.717, 1.165) is 19.5 Å². The van der Waals surface area contributed by atoms with Crippen molar-refractivity contribution in [1.82, 2.24) is 5.32 Å². The smallest absolute Gasteiger partial charge is 0.311 e. The Morgan fingerprint density at radius 2 is 2.21 bits per heavy atom. The normalized spacial score (nSPS) is 21.5. The molecule has 14 heavy (non-hydrogen) atoms. The summed E-state index contributed by atoms with van der Waals surface area (Å²) < 4.78 is 5.05. The number of carbonyl (C=O) groups excluding carboxylic acids is 1. The van der Waals surface area contributed by atoms with Gasteiger partial charge in [-0.3, -0.25) is 4.79 Å². The Labute approximate surface area is 92.0 Å². The van der Waals surface area contributed by atoms with Crippen LogP contribution in [-0.2, 0) is 9.53 Å². The first kappa shape index (κ1) is 13.7. The van der Waals surface area contributed by atoms with E-state index in [1.54, 1.807) is 0 Å². The number of ether oxygens (including phenoxy) is 1. The van der Waals surface area contributed by atoms with E-state index in [9.17, 15) is 4.79 Å². The molecule has 4 heteroatoms. The van der Waals surface area contributed by atoms with Gasteiger partial charge in [-0.25, -0.2) is 0 Å². The fourth-order valence-electron chi connectivity index (χ4n) is 1.75. The van der Waals surface area contributed by atoms with Gasteiger partial charge in [-0.15, -0.1) is 12.4 Å². The maximum Gasteiger partial charge on any atom is 0.311 e. The van der Waals surface area contributed by atoms with Gasteiger partial charge in [0.2, 0.25) is 0 Å². The molecule has 3 nitrogen and oxygen atoms in total. The molecule has 84 valence electrons. The summed E-state index contributed by atoms with van der Waals surface area (Å²) in [7, 11) is 0. The van der Waals surface area contributed by atoms with Crippen molar-refractivity contribution in [2.24, 2.45) is 11.3 Å². The monoisotopic (exact) mass is 221 g/mol. The lowest BCUT2D eigenvalue weighted by atomic mass is 9.78. The van der Waals surface area contributed by atoms with E-state index in [4.69, 9.17) is 4.74 Å². The van der Waals surface area contributed by atoms with Gasteiger partial charge in [-0.1, -0.05) is 0 Å². The van der Waals surface area contributed by atoms with Crippen LogP contribution in [-0.4, -0.2) is 25.7 Å². The van der Waals surface area contributed by atoms with Gasteiger partial charge < -0.3 is 10.1 Å². The highest BCUT2D eigenvalue weighted by Gasteiger charge is 2.39. The lowest BCUT2D eigenvalue weighted by Gasteiger charge is -2.28. The standard InChI is InChI=1S/C10H19NO2.ClH/c1-4-13-9(12)10(2,3)8-5-6-11-7-8;/h8,11H,4-7H2,1-3H3;1H/t8-;/m1./s1. The average molecular weight is 222 g/mol. The summed E-state index contributed by atoms with van der Waals surface area (Å²) in [5.74, 6) is 0.357. The summed E-state index contributed by atoms with van der Waals surface area (Å²) in [4.78, 5) is 11.6. The molecule has 1 N–H and O–H groups in total. The second kappa shape index (κ2) is 5.56. The summed E-state index contributed by atoms with van der Waals surface area (Å²) in [6.07, 6.45) is 1.08. The fraction of sp³-hybridized carbons (Fsp3) is 0.900. The van der Waals surface area contributed by atoms with Crippen LogP contribution >= 0.6 is 12.4 Å². The van der Waals surface area contributed by atoms with Crippen molar-refractivity contribution in [3.05, 3.63) is 0 Å². The molecule has 1 saturated heterocycles. The second-order valence-corrected chi connectivity index (χ2v) is 4.13. The topological polar surface area (TPSA) is 38.3 Å². The Kier molecular flexibility index (Phi) is 5.45. The van der Waals surface area contributed by atoms with Crippen molar-refractivity contribution in [1.29, 1.82) is 0 Å². The van der Waals surface area contributed by atoms with Crippen molar-refractivity contribution in [2.45, 2.75) is 27.2 Å². The van der Waals surface area contributed by atoms with Gasteiger partial charge in [0.15, 0.2) is 0 Å². The maximum atomic E-state index is 11.6. The van der Waals surface area contributed by atoms with Crippen molar-refractivity contribution in [2.75, 3.05) is 19.7 Å². The summed E-state index contributed by atoms with van der Waals surface area (Å²) in [5.41, 5.74) is -0.334. The number of rotatable bonds is 3. The van der Waals surface area contributed by atoms with Crippen LogP contribution in [0, 0.1) is 11.3 Å². The first-order chi connectivity index (χ1) is 6.09. The minimum atomic E-state index is -0.334. The van der Waals surface area contributed by atoms with Gasteiger partial charge in [0.25, 0.3) is 0 Å². The molecule has 1 fully saturated rings. The molecule has 0 aromatic carbocycles. The Hall–Kier alpha value is -0.280. The Bertz CT molecular complexity index is 189. The van der Waals surface area contributed by atoms with Gasteiger partial charge in [0.05, 0.1) is 12.0 Å². The summed E-state index contributed by atoms with van der Waals surface area (Å²) in [5, 5.41) is 3.27. The third-order valence-electron chi connectivity index (χ3n) is 2.88. The molecule has 1 heterocycles. The predicted molar refractivity (Wildman–Crippen MR) is 58.6 cm³/mol. The molecule has 1 rings (SSSR count). The molecule has 0 aromatic heterocycles. The Morgan fingerprint density at radius 3 is 2.64 bits per heavy atom. The van der Waals surface area contributed by atoms with E-state index in [0.29, 0.717) is 12.5 Å². The second-order valence-electron chi connectivity index (χ2n) is 4.13. The molecular weight excluding hydrogens is 202 g/mol. The van der Waals surface area contributed by atoms with E-state index >= 15 is 0 Å². The zero-order valence-electron chi connectivity index (χ0n) is 9.13. The highest BCUT2D eigenvalue weighted by molar-refractivity contribution is 5.85. The quantitative estimate of drug-likeness (QED) is 0.736. The molecule has 0 amide bonds. The van der Waals surface area contributed by atoms with Gasteiger partial charge in [-0.2, -0.15) is 0 Å². The van der Waals surface area contributed by atoms with E-state index < -0.39 is 0 Å². The van der Waals surface area contributed by atoms with Crippen LogP contribution in [0.5, 0.6) is 0 Å². The number of halogens is 1. The number of carbonyl (C=O) groups is 1. The average Bonchev–Trinajstić information content (AvgIpc) is 2.56. The molecule has 0 saturated carbocycles. The van der Waals surface area contributed by atoms with Crippen LogP contribution in [0.4, 0.5) is 0 Å². The van der Waals surface area contributed by atoms with Crippen molar-refractivity contribution in [3.63, 3.8) is 0 Å². The third kappa shape index (κ3) is 2.85. The Balaban J connectivity index is 0.00000169. The van der Waals surface area contributed by atoms with Crippen LogP contribution in [0.1, 0.15) is 27.2 Å². The lowest BCUT2D eigenvalue weighted by Crippen LogP contribution is -2.35. The minimum absolute atomic E-state index is 0. The summed E-state index contributed by atoms with van der Waals surface area (Å²) >= 11 is 0. The molecule has 0 unspecified atom stereocenters. The molecule has 0 bridgehead atoms. The molecule has 1 aliphatic heterocycles. The summed E-state index contributed by atoms with van der Waals surface area (Å²) in [6.45, 7) is 8.23. The number of hydrogen-bond acceptors (Lipinski definition) is 3. The van der Waals surface area contributed by atoms with Gasteiger partial charge in [-0.05, 0) is 46.2 Å². The van der Waals surface area contributed by atoms with E-state index in [1.165, 1.54) is 0 Å². The third-order valence-corrected chi connectivity index (χ3v) is 2.88. The maximum absolute atomic E-state index is 11.6. The van der Waals surface area contributed by atoms with Crippen LogP contribution in [0.3, 0.4) is 0 Å². The van der Waals surface area contributed by atoms with Gasteiger partial charge >= 0.3 is 5.97 Å². The highest BCUT2D eigenvalue weighted by Crippen LogP contribution is 2.32. The molecule has 0 spiro atoms. The van der Waals surface area contributed by atoms with Gasteiger partial charge in [0, 0.05) is 0 Å². The first-order valence-electron chi connectivity index (χ1n) is 4.97. The van der Waals surface area contributed by atoms with Crippen molar-refractivity contribution in [3.8, 4) is 0 Å². The van der Waals surface area contributed by atoms with Crippen LogP contribution < -0.4 is 5.32 Å². The number of esters is 1. The lowest BCUT2D eigenvalue weighted by molar-refractivity contribution is -0.156. The fourth-order valence-corrected chi connectivity index (χ4v) is 1.75. The minimum Gasteiger partial charge on any atom is -0.466 e. The van der Waals surface area contributed by atoms with Gasteiger partial charge in [0.1, 0.15) is 0 Å². The van der Waals surface area contributed by atoms with E-state index in [1.807, 2.05) is 20.8 Å². The van der Waals surface area contributed by atoms with E-state index in [-0.39, 0.29) is 23.8 Å². The molecule has 0 aliphatic carbocycles. The largest absolute Gasteiger partial charge is 0.466 e. The first-order valence-corrected chi connectivity index (χ1v) is 4.97. The zero-order chi connectivity index (χ0) is 9.90.